The fourth-order valence-electron chi connectivity index (χ4n) is 5.85. The van der Waals surface area contributed by atoms with Crippen LogP contribution in [0.5, 0.6) is 0 Å². The number of hydrogen-bond donors (Lipinski definition) is 0. The van der Waals surface area contributed by atoms with E-state index in [-0.39, 0.29) is 0 Å². The predicted molar refractivity (Wildman–Crippen MR) is 58.3 cm³/mol. The summed E-state index contributed by atoms with van der Waals surface area (Å²) in [4.78, 5) is 0. The Morgan fingerprint density at radius 3 is 1.82 bits per heavy atom. The smallest absolute Gasteiger partial charge is 0.0822 e. The normalized spacial score (nSPS) is 72.5. The van der Waals surface area contributed by atoms with E-state index in [4.69, 9.17) is 14.2 Å². The van der Waals surface area contributed by atoms with Gasteiger partial charge in [-0.25, -0.2) is 0 Å². The lowest BCUT2D eigenvalue weighted by Gasteiger charge is -2.37. The van der Waals surface area contributed by atoms with Gasteiger partial charge in [0.15, 0.2) is 0 Å². The van der Waals surface area contributed by atoms with Crippen LogP contribution >= 0.6 is 0 Å². The van der Waals surface area contributed by atoms with Gasteiger partial charge in [0.1, 0.15) is 0 Å². The Labute approximate surface area is 100 Å². The maximum Gasteiger partial charge on any atom is 0.0822 e. The molecule has 5 saturated heterocycles. The standard InChI is InChI=1S/C14H16O3/c1-2-6-10-9(5(1)15-6)13-11-7-3-4-8(16-7)12(11)14(10)17-13/h1-2,5-14H,3-4H2/t5-,6+,7+,8-,9-,10+,11-,12+,13+,14-. The summed E-state index contributed by atoms with van der Waals surface area (Å²) >= 11 is 0. The van der Waals surface area contributed by atoms with Gasteiger partial charge in [-0.1, -0.05) is 12.2 Å². The highest BCUT2D eigenvalue weighted by atomic mass is 16.6. The van der Waals surface area contributed by atoms with Gasteiger partial charge in [-0.3, -0.25) is 0 Å². The summed E-state index contributed by atoms with van der Waals surface area (Å²) in [5, 5.41) is 0. The zero-order chi connectivity index (χ0) is 10.7. The Kier molecular flexibility index (Phi) is 1.27. The molecule has 3 heteroatoms. The summed E-state index contributed by atoms with van der Waals surface area (Å²) in [6.45, 7) is 0. The maximum atomic E-state index is 6.37. The number of rotatable bonds is 0. The highest BCUT2D eigenvalue weighted by Gasteiger charge is 2.72. The van der Waals surface area contributed by atoms with Crippen LogP contribution in [0.4, 0.5) is 0 Å². The van der Waals surface area contributed by atoms with Crippen molar-refractivity contribution < 1.29 is 14.2 Å². The molecular formula is C14H16O3. The quantitative estimate of drug-likeness (QED) is 0.586. The molecule has 5 fully saturated rings. The molecule has 0 saturated carbocycles. The van der Waals surface area contributed by atoms with Crippen LogP contribution in [0.3, 0.4) is 0 Å². The van der Waals surface area contributed by atoms with Crippen LogP contribution in [0.2, 0.25) is 0 Å². The van der Waals surface area contributed by atoms with Crippen molar-refractivity contribution in [3.63, 3.8) is 0 Å². The first-order valence-electron chi connectivity index (χ1n) is 7.06. The van der Waals surface area contributed by atoms with Gasteiger partial charge < -0.3 is 14.2 Å². The molecule has 0 radical (unpaired) electrons. The lowest BCUT2D eigenvalue weighted by atomic mass is 9.61. The largest absolute Gasteiger partial charge is 0.374 e. The van der Waals surface area contributed by atoms with Crippen LogP contribution < -0.4 is 0 Å². The van der Waals surface area contributed by atoms with Gasteiger partial charge in [-0.05, 0) is 12.8 Å². The van der Waals surface area contributed by atoms with Crippen LogP contribution in [0.1, 0.15) is 12.8 Å². The molecule has 6 heterocycles. The minimum atomic E-state index is 0.347. The van der Waals surface area contributed by atoms with Crippen molar-refractivity contribution in [2.24, 2.45) is 23.7 Å². The van der Waals surface area contributed by atoms with Crippen molar-refractivity contribution in [1.29, 1.82) is 0 Å². The molecule has 6 rings (SSSR count). The van der Waals surface area contributed by atoms with Crippen molar-refractivity contribution >= 4 is 0 Å². The summed E-state index contributed by atoms with van der Waals surface area (Å²) in [5.41, 5.74) is 0. The molecular weight excluding hydrogens is 216 g/mol. The Bertz CT molecular complexity index is 397. The van der Waals surface area contributed by atoms with Crippen LogP contribution in [-0.2, 0) is 14.2 Å². The van der Waals surface area contributed by atoms with E-state index in [0.717, 1.165) is 0 Å². The third kappa shape index (κ3) is 0.763. The van der Waals surface area contributed by atoms with Crippen LogP contribution in [0.25, 0.3) is 0 Å². The highest BCUT2D eigenvalue weighted by Crippen LogP contribution is 2.64. The molecule has 6 aliphatic heterocycles. The molecule has 10 atom stereocenters. The molecule has 0 aromatic rings. The first kappa shape index (κ1) is 8.68. The second-order valence-corrected chi connectivity index (χ2v) is 6.62. The van der Waals surface area contributed by atoms with Crippen LogP contribution in [-0.4, -0.2) is 36.6 Å². The van der Waals surface area contributed by atoms with Crippen LogP contribution in [0, 0.1) is 23.7 Å². The first-order valence-corrected chi connectivity index (χ1v) is 7.06. The Balaban J connectivity index is 1.49. The lowest BCUT2D eigenvalue weighted by molar-refractivity contribution is -0.0304. The van der Waals surface area contributed by atoms with E-state index in [0.29, 0.717) is 60.3 Å². The maximum absolute atomic E-state index is 6.37. The van der Waals surface area contributed by atoms with Crippen molar-refractivity contribution in [3.8, 4) is 0 Å². The van der Waals surface area contributed by atoms with E-state index in [1.54, 1.807) is 0 Å². The lowest BCUT2D eigenvalue weighted by Crippen LogP contribution is -2.47. The Morgan fingerprint density at radius 1 is 0.647 bits per heavy atom. The second-order valence-electron chi connectivity index (χ2n) is 6.62. The minimum Gasteiger partial charge on any atom is -0.374 e. The molecule has 90 valence electrons. The summed E-state index contributed by atoms with van der Waals surface area (Å²) in [6.07, 6.45) is 9.63. The predicted octanol–water partition coefficient (Wildman–Crippen LogP) is 1.13. The molecule has 0 N–H and O–H groups in total. The van der Waals surface area contributed by atoms with Crippen LogP contribution in [0.15, 0.2) is 12.2 Å². The summed E-state index contributed by atoms with van der Waals surface area (Å²) < 4.78 is 18.5. The average molecular weight is 232 g/mol. The van der Waals surface area contributed by atoms with Gasteiger partial charge >= 0.3 is 0 Å². The third-order valence-corrected chi connectivity index (χ3v) is 6.23. The molecule has 0 aliphatic carbocycles. The SMILES string of the molecule is C1=C[C@H]2O[C@@H]1[C@@H]1[C@H]3O[C@H]([C@H]4[C@@H]3[C@H]3CC[C@@H]4O3)[C@@H]12. The fourth-order valence-corrected chi connectivity index (χ4v) is 5.85. The van der Waals surface area contributed by atoms with Crippen molar-refractivity contribution in [3.05, 3.63) is 12.2 Å². The molecule has 6 aliphatic rings. The molecule has 17 heavy (non-hydrogen) atoms. The summed E-state index contributed by atoms with van der Waals surface area (Å²) in [7, 11) is 0. The van der Waals surface area contributed by atoms with E-state index >= 15 is 0 Å². The zero-order valence-corrected chi connectivity index (χ0v) is 9.57. The van der Waals surface area contributed by atoms with E-state index in [9.17, 15) is 0 Å². The topological polar surface area (TPSA) is 27.7 Å². The van der Waals surface area contributed by atoms with E-state index in [1.165, 1.54) is 12.8 Å². The van der Waals surface area contributed by atoms with E-state index in [1.807, 2.05) is 0 Å². The molecule has 0 amide bonds. The molecule has 0 aromatic carbocycles. The second kappa shape index (κ2) is 2.49. The fraction of sp³-hybridized carbons (Fsp3) is 0.857. The minimum absolute atomic E-state index is 0.347. The highest BCUT2D eigenvalue weighted by molar-refractivity contribution is 5.26. The molecule has 3 nitrogen and oxygen atoms in total. The third-order valence-electron chi connectivity index (χ3n) is 6.23. The monoisotopic (exact) mass is 232 g/mol. The van der Waals surface area contributed by atoms with Gasteiger partial charge in [0.05, 0.1) is 36.6 Å². The van der Waals surface area contributed by atoms with Gasteiger partial charge in [0, 0.05) is 23.7 Å². The zero-order valence-electron chi connectivity index (χ0n) is 9.57. The Hall–Kier alpha value is -0.380. The van der Waals surface area contributed by atoms with E-state index in [2.05, 4.69) is 12.2 Å². The Morgan fingerprint density at radius 2 is 1.24 bits per heavy atom. The summed E-state index contributed by atoms with van der Waals surface area (Å²) in [6, 6.07) is 0. The van der Waals surface area contributed by atoms with Gasteiger partial charge in [-0.2, -0.15) is 0 Å². The molecule has 0 unspecified atom stereocenters. The number of fused-ring (bicyclic) bond motifs is 16. The van der Waals surface area contributed by atoms with E-state index < -0.39 is 0 Å². The molecule has 0 spiro atoms. The molecule has 6 bridgehead atoms. The van der Waals surface area contributed by atoms with Gasteiger partial charge in [0.25, 0.3) is 0 Å². The van der Waals surface area contributed by atoms with Crippen molar-refractivity contribution in [2.75, 3.05) is 0 Å². The molecule has 0 aromatic heterocycles. The van der Waals surface area contributed by atoms with Gasteiger partial charge in [-0.15, -0.1) is 0 Å². The van der Waals surface area contributed by atoms with Gasteiger partial charge in [0.2, 0.25) is 0 Å². The summed E-state index contributed by atoms with van der Waals surface area (Å²) in [5.74, 6) is 2.66. The first-order chi connectivity index (χ1) is 8.42. The average Bonchev–Trinajstić information content (AvgIpc) is 3.14. The number of ether oxygens (including phenoxy) is 3. The van der Waals surface area contributed by atoms with Crippen molar-refractivity contribution in [1.82, 2.24) is 0 Å². The number of hydrogen-bond acceptors (Lipinski definition) is 3. The van der Waals surface area contributed by atoms with Crippen molar-refractivity contribution in [2.45, 2.75) is 49.5 Å².